The van der Waals surface area contributed by atoms with Crippen LogP contribution in [0.25, 0.3) is 17.1 Å². The monoisotopic (exact) mass is 323 g/mol. The van der Waals surface area contributed by atoms with Crippen LogP contribution in [-0.2, 0) is 6.42 Å². The Morgan fingerprint density at radius 1 is 1.33 bits per heavy atom. The highest BCUT2D eigenvalue weighted by Gasteiger charge is 2.21. The molecule has 3 rings (SSSR count). The molecule has 0 atom stereocenters. The minimum Gasteiger partial charge on any atom is -0.325 e. The van der Waals surface area contributed by atoms with E-state index in [2.05, 4.69) is 48.2 Å². The smallest absolute Gasteiger partial charge is 0.111 e. The minimum absolute atomic E-state index is 0.601. The van der Waals surface area contributed by atoms with E-state index in [0.29, 0.717) is 6.04 Å². The first-order chi connectivity index (χ1) is 11.7. The molecule has 1 aliphatic rings. The molecule has 2 aromatic rings. The van der Waals surface area contributed by atoms with E-state index in [1.165, 1.54) is 49.2 Å². The van der Waals surface area contributed by atoms with Crippen molar-refractivity contribution in [3.05, 3.63) is 36.2 Å². The van der Waals surface area contributed by atoms with Crippen molar-refractivity contribution in [3.63, 3.8) is 0 Å². The molecule has 0 unspecified atom stereocenters. The molecular formula is C21H29N3. The maximum Gasteiger partial charge on any atom is 0.111 e. The Labute approximate surface area is 145 Å². The summed E-state index contributed by atoms with van der Waals surface area (Å²) in [5.41, 5.74) is 4.74. The van der Waals surface area contributed by atoms with Gasteiger partial charge >= 0.3 is 0 Å². The Hall–Kier alpha value is -1.90. The molecule has 3 heteroatoms. The van der Waals surface area contributed by atoms with Gasteiger partial charge in [0.1, 0.15) is 5.82 Å². The third kappa shape index (κ3) is 3.61. The molecule has 0 amide bonds. The maximum absolute atomic E-state index is 4.97. The predicted octanol–water partition coefficient (Wildman–Crippen LogP) is 5.60. The van der Waals surface area contributed by atoms with E-state index in [4.69, 9.17) is 4.98 Å². The average Bonchev–Trinajstić information content (AvgIpc) is 2.99. The molecular weight excluding hydrogens is 294 g/mol. The maximum atomic E-state index is 4.97. The molecule has 0 N–H and O–H groups in total. The van der Waals surface area contributed by atoms with Crippen LogP contribution < -0.4 is 0 Å². The van der Waals surface area contributed by atoms with E-state index in [-0.39, 0.29) is 0 Å². The summed E-state index contributed by atoms with van der Waals surface area (Å²) in [4.78, 5) is 9.64. The standard InChI is InChI=1S/C21H29N3/c1-4-16(3)22-14-13-21-23-19-15-17(5-2)11-12-20(19)24(21)18-9-7-6-8-10-18/h5,11-12,15,18H,2,4,6-10,13-14H2,1,3H3. The molecule has 0 bridgehead atoms. The van der Waals surface area contributed by atoms with Gasteiger partial charge in [0.05, 0.1) is 11.0 Å². The number of nitrogens with zero attached hydrogens (tertiary/aromatic N) is 3. The van der Waals surface area contributed by atoms with E-state index in [9.17, 15) is 0 Å². The zero-order valence-corrected chi connectivity index (χ0v) is 15.1. The fourth-order valence-corrected chi connectivity index (χ4v) is 3.67. The van der Waals surface area contributed by atoms with Gasteiger partial charge in [0.2, 0.25) is 0 Å². The van der Waals surface area contributed by atoms with Gasteiger partial charge in [-0.05, 0) is 43.9 Å². The van der Waals surface area contributed by atoms with Crippen LogP contribution >= 0.6 is 0 Å². The lowest BCUT2D eigenvalue weighted by Crippen LogP contribution is -2.16. The van der Waals surface area contributed by atoms with E-state index >= 15 is 0 Å². The van der Waals surface area contributed by atoms with Crippen molar-refractivity contribution >= 4 is 22.8 Å². The van der Waals surface area contributed by atoms with Gasteiger partial charge in [0.25, 0.3) is 0 Å². The zero-order valence-electron chi connectivity index (χ0n) is 15.1. The summed E-state index contributed by atoms with van der Waals surface area (Å²) in [7, 11) is 0. The van der Waals surface area contributed by atoms with Crippen molar-refractivity contribution in [2.75, 3.05) is 6.54 Å². The van der Waals surface area contributed by atoms with Crippen molar-refractivity contribution < 1.29 is 0 Å². The van der Waals surface area contributed by atoms with Crippen LogP contribution in [-0.4, -0.2) is 21.8 Å². The van der Waals surface area contributed by atoms with Crippen molar-refractivity contribution in [1.29, 1.82) is 0 Å². The third-order valence-electron chi connectivity index (χ3n) is 5.19. The number of rotatable bonds is 6. The van der Waals surface area contributed by atoms with Crippen LogP contribution in [0.3, 0.4) is 0 Å². The first kappa shape index (κ1) is 16.9. The summed E-state index contributed by atoms with van der Waals surface area (Å²) in [6.07, 6.45) is 10.4. The molecule has 0 aliphatic heterocycles. The Morgan fingerprint density at radius 3 is 2.83 bits per heavy atom. The number of aromatic nitrogens is 2. The molecule has 1 aromatic carbocycles. The van der Waals surface area contributed by atoms with E-state index in [1.54, 1.807) is 0 Å². The SMILES string of the molecule is C=Cc1ccc2c(c1)nc(CCN=C(C)CC)n2C1CCCCC1. The molecule has 24 heavy (non-hydrogen) atoms. The minimum atomic E-state index is 0.601. The Balaban J connectivity index is 1.96. The molecule has 1 heterocycles. The highest BCUT2D eigenvalue weighted by atomic mass is 15.1. The number of benzene rings is 1. The summed E-state index contributed by atoms with van der Waals surface area (Å²) in [5.74, 6) is 1.20. The zero-order chi connectivity index (χ0) is 16.9. The lowest BCUT2D eigenvalue weighted by molar-refractivity contribution is 0.352. The predicted molar refractivity (Wildman–Crippen MR) is 104 cm³/mol. The normalized spacial score (nSPS) is 16.7. The number of fused-ring (bicyclic) bond motifs is 1. The molecule has 1 fully saturated rings. The topological polar surface area (TPSA) is 30.2 Å². The fraction of sp³-hybridized carbons (Fsp3) is 0.524. The van der Waals surface area contributed by atoms with Gasteiger partial charge in [-0.15, -0.1) is 0 Å². The van der Waals surface area contributed by atoms with Gasteiger partial charge in [-0.1, -0.05) is 44.9 Å². The number of imidazole rings is 1. The van der Waals surface area contributed by atoms with E-state index in [0.717, 1.165) is 30.5 Å². The first-order valence-corrected chi connectivity index (χ1v) is 9.36. The van der Waals surface area contributed by atoms with E-state index < -0.39 is 0 Å². The third-order valence-corrected chi connectivity index (χ3v) is 5.19. The van der Waals surface area contributed by atoms with Crippen LogP contribution in [0, 0.1) is 0 Å². The number of hydrogen-bond donors (Lipinski definition) is 0. The molecule has 3 nitrogen and oxygen atoms in total. The molecule has 1 aromatic heterocycles. The van der Waals surface area contributed by atoms with Crippen molar-refractivity contribution in [1.82, 2.24) is 9.55 Å². The van der Waals surface area contributed by atoms with Crippen LogP contribution in [0.1, 0.15) is 69.8 Å². The van der Waals surface area contributed by atoms with Crippen LogP contribution in [0.4, 0.5) is 0 Å². The highest BCUT2D eigenvalue weighted by Crippen LogP contribution is 2.33. The molecule has 0 spiro atoms. The fourth-order valence-electron chi connectivity index (χ4n) is 3.67. The van der Waals surface area contributed by atoms with Crippen molar-refractivity contribution in [2.45, 2.75) is 64.8 Å². The summed E-state index contributed by atoms with van der Waals surface area (Å²) in [6.45, 7) is 8.99. The van der Waals surface area contributed by atoms with E-state index in [1.807, 2.05) is 6.08 Å². The second kappa shape index (κ2) is 7.78. The second-order valence-corrected chi connectivity index (χ2v) is 6.86. The van der Waals surface area contributed by atoms with Crippen molar-refractivity contribution in [2.24, 2.45) is 4.99 Å². The molecule has 0 radical (unpaired) electrons. The van der Waals surface area contributed by atoms with Crippen LogP contribution in [0.5, 0.6) is 0 Å². The highest BCUT2D eigenvalue weighted by molar-refractivity contribution is 5.81. The number of hydrogen-bond acceptors (Lipinski definition) is 2. The van der Waals surface area contributed by atoms with Crippen molar-refractivity contribution in [3.8, 4) is 0 Å². The van der Waals surface area contributed by atoms with Crippen LogP contribution in [0.15, 0.2) is 29.8 Å². The van der Waals surface area contributed by atoms with Gasteiger partial charge in [0.15, 0.2) is 0 Å². The van der Waals surface area contributed by atoms with Gasteiger partial charge in [-0.2, -0.15) is 0 Å². The molecule has 1 saturated carbocycles. The summed E-state index contributed by atoms with van der Waals surface area (Å²) >= 11 is 0. The Morgan fingerprint density at radius 2 is 2.12 bits per heavy atom. The largest absolute Gasteiger partial charge is 0.325 e. The first-order valence-electron chi connectivity index (χ1n) is 9.36. The Bertz CT molecular complexity index is 733. The quantitative estimate of drug-likeness (QED) is 0.637. The summed E-state index contributed by atoms with van der Waals surface area (Å²) < 4.78 is 2.51. The molecule has 1 aliphatic carbocycles. The second-order valence-electron chi connectivity index (χ2n) is 6.86. The molecule has 128 valence electrons. The average molecular weight is 323 g/mol. The number of aliphatic imine (C=N–C) groups is 1. The van der Waals surface area contributed by atoms with Gasteiger partial charge in [-0.3, -0.25) is 4.99 Å². The van der Waals surface area contributed by atoms with Gasteiger partial charge < -0.3 is 4.57 Å². The lowest BCUT2D eigenvalue weighted by atomic mass is 9.95. The molecule has 0 saturated heterocycles. The lowest BCUT2D eigenvalue weighted by Gasteiger charge is -2.25. The van der Waals surface area contributed by atoms with Gasteiger partial charge in [0, 0.05) is 24.7 Å². The van der Waals surface area contributed by atoms with Crippen LogP contribution in [0.2, 0.25) is 0 Å². The Kier molecular flexibility index (Phi) is 5.49. The van der Waals surface area contributed by atoms with Gasteiger partial charge in [-0.25, -0.2) is 4.98 Å². The summed E-state index contributed by atoms with van der Waals surface area (Å²) in [5, 5.41) is 0. The summed E-state index contributed by atoms with van der Waals surface area (Å²) in [6, 6.07) is 7.13.